The van der Waals surface area contributed by atoms with Crippen molar-refractivity contribution in [2.24, 2.45) is 10.2 Å². The molecule has 0 aliphatic carbocycles. The van der Waals surface area contributed by atoms with Crippen LogP contribution in [0.3, 0.4) is 0 Å². The number of hydrogen-bond acceptors (Lipinski definition) is 6. The number of rotatable bonds is 5. The van der Waals surface area contributed by atoms with E-state index in [2.05, 4.69) is 10.2 Å². The number of allylic oxidation sites excluding steroid dienone is 2. The van der Waals surface area contributed by atoms with Gasteiger partial charge in [0.25, 0.3) is 0 Å². The highest BCUT2D eigenvalue weighted by Gasteiger charge is 2.08. The molecule has 0 saturated carbocycles. The average molecular weight is 264 g/mol. The van der Waals surface area contributed by atoms with Crippen LogP contribution in [0.2, 0.25) is 0 Å². The zero-order valence-electron chi connectivity index (χ0n) is 11.3. The van der Waals surface area contributed by atoms with Crippen LogP contribution in [0.1, 0.15) is 13.8 Å². The van der Waals surface area contributed by atoms with Crippen molar-refractivity contribution in [1.82, 2.24) is 0 Å². The molecular weight excluding hydrogens is 248 g/mol. The first-order chi connectivity index (χ1) is 8.99. The van der Waals surface area contributed by atoms with Crippen molar-refractivity contribution < 1.29 is 19.4 Å². The van der Waals surface area contributed by atoms with Gasteiger partial charge < -0.3 is 14.6 Å². The second kappa shape index (κ2) is 6.53. The van der Waals surface area contributed by atoms with E-state index < -0.39 is 0 Å². The Morgan fingerprint density at radius 1 is 1.21 bits per heavy atom. The van der Waals surface area contributed by atoms with Crippen LogP contribution in [-0.4, -0.2) is 25.1 Å². The summed E-state index contributed by atoms with van der Waals surface area (Å²) in [5.41, 5.74) is 0.348. The summed E-state index contributed by atoms with van der Waals surface area (Å²) in [6.07, 6.45) is 0. The average Bonchev–Trinajstić information content (AvgIpc) is 2.38. The van der Waals surface area contributed by atoms with Gasteiger partial charge in [0, 0.05) is 13.0 Å². The monoisotopic (exact) mass is 264 g/mol. The van der Waals surface area contributed by atoms with Gasteiger partial charge in [-0.2, -0.15) is 0 Å². The Labute approximate surface area is 111 Å². The van der Waals surface area contributed by atoms with E-state index in [9.17, 15) is 9.90 Å². The predicted molar refractivity (Wildman–Crippen MR) is 70.1 cm³/mol. The van der Waals surface area contributed by atoms with E-state index in [1.54, 1.807) is 25.3 Å². The van der Waals surface area contributed by atoms with Crippen LogP contribution >= 0.6 is 0 Å². The Morgan fingerprint density at radius 2 is 1.89 bits per heavy atom. The van der Waals surface area contributed by atoms with Crippen molar-refractivity contribution in [3.63, 3.8) is 0 Å². The summed E-state index contributed by atoms with van der Waals surface area (Å²) in [5.74, 6) is 0.540. The molecule has 1 aromatic rings. The van der Waals surface area contributed by atoms with E-state index in [0.717, 1.165) is 0 Å². The molecule has 0 fully saturated rings. The van der Waals surface area contributed by atoms with Crippen molar-refractivity contribution in [1.29, 1.82) is 0 Å². The van der Waals surface area contributed by atoms with Crippen LogP contribution in [0.15, 0.2) is 39.9 Å². The molecule has 102 valence electrons. The highest BCUT2D eigenvalue weighted by atomic mass is 16.5. The molecule has 0 aromatic heterocycles. The summed E-state index contributed by atoms with van der Waals surface area (Å²) in [6.45, 7) is 2.68. The number of carbonyl (C=O) groups excluding carboxylic acids is 1. The lowest BCUT2D eigenvalue weighted by molar-refractivity contribution is -0.113. The number of nitrogens with zero attached hydrogens (tertiary/aromatic N) is 2. The third-order valence-corrected chi connectivity index (χ3v) is 2.32. The molecule has 0 spiro atoms. The largest absolute Gasteiger partial charge is 0.510 e. The second-order valence-electron chi connectivity index (χ2n) is 3.73. The van der Waals surface area contributed by atoms with Gasteiger partial charge in [-0.05, 0) is 19.1 Å². The molecule has 0 amide bonds. The molecule has 1 N–H and O–H groups in total. The van der Waals surface area contributed by atoms with Gasteiger partial charge in [-0.25, -0.2) is 0 Å². The predicted octanol–water partition coefficient (Wildman–Crippen LogP) is 3.17. The Morgan fingerprint density at radius 3 is 2.37 bits per heavy atom. The molecule has 0 aliphatic rings. The minimum absolute atomic E-state index is 0.0853. The molecule has 0 heterocycles. The number of ether oxygens (including phenoxy) is 2. The third-order valence-electron chi connectivity index (χ3n) is 2.32. The number of hydrogen-bond donors (Lipinski definition) is 1. The second-order valence-corrected chi connectivity index (χ2v) is 3.73. The summed E-state index contributed by atoms with van der Waals surface area (Å²) in [7, 11) is 3.04. The molecule has 6 nitrogen and oxygen atoms in total. The molecule has 0 saturated heterocycles. The molecule has 0 unspecified atom stereocenters. The minimum atomic E-state index is -0.365. The lowest BCUT2D eigenvalue weighted by atomic mass is 10.3. The van der Waals surface area contributed by atoms with Gasteiger partial charge in [-0.15, -0.1) is 10.2 Å². The van der Waals surface area contributed by atoms with E-state index in [4.69, 9.17) is 9.47 Å². The number of Topliss-reactive ketones (excluding diaryl/α,β-unsaturated/α-hetero) is 1. The molecule has 6 heteroatoms. The van der Waals surface area contributed by atoms with Gasteiger partial charge in [-0.3, -0.25) is 4.79 Å². The number of aliphatic hydroxyl groups is 1. The lowest BCUT2D eigenvalue weighted by Crippen LogP contribution is -1.96. The van der Waals surface area contributed by atoms with Gasteiger partial charge in [0.1, 0.15) is 22.9 Å². The number of methoxy groups -OCH3 is 2. The summed E-state index contributed by atoms with van der Waals surface area (Å²) >= 11 is 0. The molecule has 1 rings (SSSR count). The van der Waals surface area contributed by atoms with Crippen molar-refractivity contribution >= 4 is 11.5 Å². The summed E-state index contributed by atoms with van der Waals surface area (Å²) < 4.78 is 10.2. The SMILES string of the molecule is COc1ccc(N=NC(C(C)=O)=C(C)O)c(OC)c1. The Kier molecular flexibility index (Phi) is 5.05. The zero-order chi connectivity index (χ0) is 14.4. The van der Waals surface area contributed by atoms with Crippen LogP contribution in [-0.2, 0) is 4.79 Å². The van der Waals surface area contributed by atoms with Crippen LogP contribution in [0, 0.1) is 0 Å². The quantitative estimate of drug-likeness (QED) is 0.503. The molecule has 0 aliphatic heterocycles. The van der Waals surface area contributed by atoms with Crippen LogP contribution in [0.5, 0.6) is 11.5 Å². The maximum atomic E-state index is 11.2. The molecule has 19 heavy (non-hydrogen) atoms. The number of carbonyl (C=O) groups is 1. The Bertz CT molecular complexity index is 531. The van der Waals surface area contributed by atoms with Crippen LogP contribution in [0.25, 0.3) is 0 Å². The van der Waals surface area contributed by atoms with Crippen molar-refractivity contribution in [2.75, 3.05) is 14.2 Å². The number of ketones is 1. The van der Waals surface area contributed by atoms with Crippen molar-refractivity contribution in [2.45, 2.75) is 13.8 Å². The third kappa shape index (κ3) is 3.80. The smallest absolute Gasteiger partial charge is 0.183 e. The fourth-order valence-electron chi connectivity index (χ4n) is 1.37. The standard InChI is InChI=1S/C13H16N2O4/c1-8(16)13(9(2)17)15-14-11-6-5-10(18-3)7-12(11)19-4/h5-7,16H,1-4H3. The summed E-state index contributed by atoms with van der Waals surface area (Å²) in [4.78, 5) is 11.2. The van der Waals surface area contributed by atoms with Gasteiger partial charge in [0.15, 0.2) is 11.5 Å². The maximum absolute atomic E-state index is 11.2. The van der Waals surface area contributed by atoms with E-state index in [-0.39, 0.29) is 17.2 Å². The highest BCUT2D eigenvalue weighted by molar-refractivity contribution is 5.93. The number of azo groups is 1. The first kappa shape index (κ1) is 14.7. The van der Waals surface area contributed by atoms with Gasteiger partial charge in [-0.1, -0.05) is 0 Å². The molecule has 0 radical (unpaired) electrons. The fourth-order valence-corrected chi connectivity index (χ4v) is 1.37. The first-order valence-electron chi connectivity index (χ1n) is 5.54. The topological polar surface area (TPSA) is 80.5 Å². The number of aliphatic hydroxyl groups excluding tert-OH is 1. The van der Waals surface area contributed by atoms with E-state index in [1.807, 2.05) is 0 Å². The van der Waals surface area contributed by atoms with Gasteiger partial charge >= 0.3 is 0 Å². The minimum Gasteiger partial charge on any atom is -0.510 e. The first-order valence-corrected chi connectivity index (χ1v) is 5.54. The summed E-state index contributed by atoms with van der Waals surface area (Å²) in [6, 6.07) is 4.99. The molecule has 0 atom stereocenters. The highest BCUT2D eigenvalue weighted by Crippen LogP contribution is 2.32. The molecular formula is C13H16N2O4. The van der Waals surface area contributed by atoms with Gasteiger partial charge in [0.2, 0.25) is 0 Å². The van der Waals surface area contributed by atoms with Crippen molar-refractivity contribution in [3.8, 4) is 11.5 Å². The maximum Gasteiger partial charge on any atom is 0.183 e. The van der Waals surface area contributed by atoms with Crippen LogP contribution < -0.4 is 9.47 Å². The Hall–Kier alpha value is -2.37. The summed E-state index contributed by atoms with van der Waals surface area (Å²) in [5, 5.41) is 17.0. The lowest BCUT2D eigenvalue weighted by Gasteiger charge is -2.06. The molecule has 1 aromatic carbocycles. The fraction of sp³-hybridized carbons (Fsp3) is 0.308. The van der Waals surface area contributed by atoms with E-state index in [0.29, 0.717) is 17.2 Å². The van der Waals surface area contributed by atoms with Gasteiger partial charge in [0.05, 0.1) is 14.2 Å². The zero-order valence-corrected chi connectivity index (χ0v) is 11.3. The van der Waals surface area contributed by atoms with E-state index >= 15 is 0 Å². The Balaban J connectivity index is 3.12. The van der Waals surface area contributed by atoms with Crippen LogP contribution in [0.4, 0.5) is 5.69 Å². The normalized spacial score (nSPS) is 12.2. The molecule has 0 bridgehead atoms. The van der Waals surface area contributed by atoms with E-state index in [1.165, 1.54) is 21.0 Å². The number of benzene rings is 1. The van der Waals surface area contributed by atoms with Crippen molar-refractivity contribution in [3.05, 3.63) is 29.7 Å².